The molecule has 0 bridgehead atoms. The van der Waals surface area contributed by atoms with Crippen LogP contribution in [0, 0.1) is 5.41 Å². The van der Waals surface area contributed by atoms with E-state index in [1.54, 1.807) is 0 Å². The van der Waals surface area contributed by atoms with E-state index < -0.39 is 0 Å². The summed E-state index contributed by atoms with van der Waals surface area (Å²) < 4.78 is 6.10. The topological polar surface area (TPSA) is 12.5 Å². The van der Waals surface area contributed by atoms with Gasteiger partial charge in [-0.25, -0.2) is 0 Å². The van der Waals surface area contributed by atoms with Crippen molar-refractivity contribution in [1.29, 1.82) is 0 Å². The van der Waals surface area contributed by atoms with E-state index in [-0.39, 0.29) is 0 Å². The molecule has 0 radical (unpaired) electrons. The predicted octanol–water partition coefficient (Wildman–Crippen LogP) is 3.45. The Kier molecular flexibility index (Phi) is 3.97. The zero-order valence-corrected chi connectivity index (χ0v) is 13.1. The molecule has 0 N–H and O–H groups in total. The molecular weight excluding hydrogens is 302 g/mol. The van der Waals surface area contributed by atoms with E-state index >= 15 is 0 Å². The van der Waals surface area contributed by atoms with Crippen molar-refractivity contribution in [2.75, 3.05) is 18.4 Å². The Hall–Kier alpha value is -0.380. The van der Waals surface area contributed by atoms with Gasteiger partial charge in [-0.1, -0.05) is 46.3 Å². The first-order valence-corrected chi connectivity index (χ1v) is 8.32. The monoisotopic (exact) mass is 323 g/mol. The Bertz CT molecular complexity index is 424. The van der Waals surface area contributed by atoms with Gasteiger partial charge in [0, 0.05) is 30.4 Å². The van der Waals surface area contributed by atoms with Crippen LogP contribution in [0.4, 0.5) is 0 Å². The van der Waals surface area contributed by atoms with Crippen molar-refractivity contribution < 1.29 is 4.74 Å². The third kappa shape index (κ3) is 2.74. The number of alkyl halides is 1. The maximum Gasteiger partial charge on any atom is 0.0668 e. The fraction of sp³-hybridized carbons (Fsp3) is 0.625. The molecule has 3 atom stereocenters. The Morgan fingerprint density at radius 3 is 2.89 bits per heavy atom. The Labute approximate surface area is 124 Å². The molecule has 2 nitrogen and oxygen atoms in total. The van der Waals surface area contributed by atoms with Crippen molar-refractivity contribution in [2.45, 2.75) is 38.5 Å². The quantitative estimate of drug-likeness (QED) is 0.790. The van der Waals surface area contributed by atoms with Gasteiger partial charge >= 0.3 is 0 Å². The molecule has 0 aliphatic carbocycles. The van der Waals surface area contributed by atoms with Crippen LogP contribution < -0.4 is 0 Å². The van der Waals surface area contributed by atoms with Gasteiger partial charge in [-0.2, -0.15) is 0 Å². The van der Waals surface area contributed by atoms with Crippen LogP contribution in [0.2, 0.25) is 0 Å². The molecular formula is C16H22BrNO. The molecule has 2 heterocycles. The van der Waals surface area contributed by atoms with Crippen molar-refractivity contribution in [3.63, 3.8) is 0 Å². The van der Waals surface area contributed by atoms with Crippen LogP contribution in [-0.4, -0.2) is 35.5 Å². The van der Waals surface area contributed by atoms with Crippen molar-refractivity contribution in [3.05, 3.63) is 35.9 Å². The molecule has 1 aromatic rings. The molecule has 3 rings (SSSR count). The summed E-state index contributed by atoms with van der Waals surface area (Å²) in [6, 6.07) is 10.8. The largest absolute Gasteiger partial charge is 0.375 e. The van der Waals surface area contributed by atoms with E-state index in [4.69, 9.17) is 4.74 Å². The van der Waals surface area contributed by atoms with Gasteiger partial charge in [-0.15, -0.1) is 0 Å². The molecule has 0 aromatic heterocycles. The number of piperidine rings is 1. The second-order valence-corrected chi connectivity index (χ2v) is 6.68. The Balaban J connectivity index is 1.70. The molecule has 2 fully saturated rings. The molecule has 104 valence electrons. The maximum atomic E-state index is 6.10. The highest BCUT2D eigenvalue weighted by Gasteiger charge is 2.49. The number of benzene rings is 1. The zero-order chi connectivity index (χ0) is 13.3. The number of halogens is 1. The summed E-state index contributed by atoms with van der Waals surface area (Å²) in [6.07, 6.45) is 3.23. The van der Waals surface area contributed by atoms with Crippen LogP contribution >= 0.6 is 15.9 Å². The summed E-state index contributed by atoms with van der Waals surface area (Å²) in [7, 11) is 0. The van der Waals surface area contributed by atoms with Crippen molar-refractivity contribution in [1.82, 2.24) is 4.90 Å². The second kappa shape index (κ2) is 5.55. The van der Waals surface area contributed by atoms with Gasteiger partial charge in [0.15, 0.2) is 0 Å². The maximum absolute atomic E-state index is 6.10. The van der Waals surface area contributed by atoms with Gasteiger partial charge in [0.1, 0.15) is 0 Å². The second-order valence-electron chi connectivity index (χ2n) is 6.12. The number of hydrogen-bond acceptors (Lipinski definition) is 2. The molecule has 19 heavy (non-hydrogen) atoms. The fourth-order valence-electron chi connectivity index (χ4n) is 3.70. The van der Waals surface area contributed by atoms with E-state index in [1.165, 1.54) is 18.4 Å². The van der Waals surface area contributed by atoms with E-state index in [9.17, 15) is 0 Å². The van der Waals surface area contributed by atoms with Crippen LogP contribution in [0.5, 0.6) is 0 Å². The van der Waals surface area contributed by atoms with E-state index in [2.05, 4.69) is 58.1 Å². The lowest BCUT2D eigenvalue weighted by atomic mass is 9.77. The molecule has 2 aliphatic rings. The predicted molar refractivity (Wildman–Crippen MR) is 81.5 cm³/mol. The summed E-state index contributed by atoms with van der Waals surface area (Å²) in [5.74, 6) is 0. The number of nitrogens with zero attached hydrogens (tertiary/aromatic N) is 1. The molecule has 2 saturated heterocycles. The molecule has 0 amide bonds. The van der Waals surface area contributed by atoms with Crippen LogP contribution in [0.25, 0.3) is 0 Å². The van der Waals surface area contributed by atoms with Crippen LogP contribution in [0.3, 0.4) is 0 Å². The average molecular weight is 324 g/mol. The standard InChI is InChI=1S/C16H22BrNO/c1-13-9-16(11-17)12-18(8-7-15(16)19-13)10-14-5-3-2-4-6-14/h2-6,13,15H,7-12H2,1H3/t13-,15+,16-/m1/s1. The van der Waals surface area contributed by atoms with Gasteiger partial charge in [0.05, 0.1) is 12.2 Å². The number of fused-ring (bicyclic) bond motifs is 1. The molecule has 0 saturated carbocycles. The minimum absolute atomic E-state index is 0.326. The van der Waals surface area contributed by atoms with Gasteiger partial charge in [0.2, 0.25) is 0 Å². The van der Waals surface area contributed by atoms with Crippen LogP contribution in [0.1, 0.15) is 25.3 Å². The van der Waals surface area contributed by atoms with E-state index in [1.807, 2.05) is 0 Å². The number of hydrogen-bond donors (Lipinski definition) is 0. The summed E-state index contributed by atoms with van der Waals surface area (Å²) in [5.41, 5.74) is 1.74. The fourth-order valence-corrected chi connectivity index (χ4v) is 4.47. The third-order valence-electron chi connectivity index (χ3n) is 4.53. The normalized spacial score (nSPS) is 35.3. The Morgan fingerprint density at radius 2 is 2.16 bits per heavy atom. The van der Waals surface area contributed by atoms with E-state index in [0.29, 0.717) is 17.6 Å². The summed E-state index contributed by atoms with van der Waals surface area (Å²) in [5, 5.41) is 1.06. The highest BCUT2D eigenvalue weighted by Crippen LogP contribution is 2.45. The van der Waals surface area contributed by atoms with Crippen molar-refractivity contribution in [3.8, 4) is 0 Å². The number of ether oxygens (including phenoxy) is 1. The van der Waals surface area contributed by atoms with Crippen LogP contribution in [0.15, 0.2) is 30.3 Å². The first-order chi connectivity index (χ1) is 9.22. The van der Waals surface area contributed by atoms with Gasteiger partial charge < -0.3 is 4.74 Å². The van der Waals surface area contributed by atoms with Crippen LogP contribution in [-0.2, 0) is 11.3 Å². The van der Waals surface area contributed by atoms with Gasteiger partial charge in [-0.05, 0) is 25.3 Å². The Morgan fingerprint density at radius 1 is 1.37 bits per heavy atom. The molecule has 0 spiro atoms. The average Bonchev–Trinajstić information content (AvgIpc) is 2.76. The smallest absolute Gasteiger partial charge is 0.0668 e. The molecule has 3 heteroatoms. The van der Waals surface area contributed by atoms with Gasteiger partial charge in [0.25, 0.3) is 0 Å². The first kappa shape index (κ1) is 13.6. The molecule has 1 aromatic carbocycles. The van der Waals surface area contributed by atoms with E-state index in [0.717, 1.165) is 25.0 Å². The lowest BCUT2D eigenvalue weighted by molar-refractivity contribution is -0.0251. The third-order valence-corrected chi connectivity index (χ3v) is 5.65. The molecule has 0 unspecified atom stereocenters. The summed E-state index contributed by atoms with van der Waals surface area (Å²) >= 11 is 3.74. The highest BCUT2D eigenvalue weighted by molar-refractivity contribution is 9.09. The minimum Gasteiger partial charge on any atom is -0.375 e. The highest BCUT2D eigenvalue weighted by atomic mass is 79.9. The van der Waals surface area contributed by atoms with Gasteiger partial charge in [-0.3, -0.25) is 4.90 Å². The lowest BCUT2D eigenvalue weighted by Crippen LogP contribution is -2.50. The van der Waals surface area contributed by atoms with Crippen molar-refractivity contribution in [2.24, 2.45) is 5.41 Å². The lowest BCUT2D eigenvalue weighted by Gasteiger charge is -2.42. The summed E-state index contributed by atoms with van der Waals surface area (Å²) in [4.78, 5) is 2.59. The zero-order valence-electron chi connectivity index (χ0n) is 11.5. The molecule has 2 aliphatic heterocycles. The minimum atomic E-state index is 0.326. The first-order valence-electron chi connectivity index (χ1n) is 7.19. The summed E-state index contributed by atoms with van der Waals surface area (Å²) in [6.45, 7) is 5.59. The van der Waals surface area contributed by atoms with Crippen molar-refractivity contribution >= 4 is 15.9 Å². The number of likely N-dealkylation sites (tertiary alicyclic amines) is 1. The number of rotatable bonds is 3. The SMILES string of the molecule is C[C@@H]1C[C@@]2(CBr)CN(Cc3ccccc3)CC[C@@H]2O1.